The molecule has 0 bridgehead atoms. The first-order valence-electron chi connectivity index (χ1n) is 6.55. The number of amides is 1. The number of carboxylic acid groups (broad SMARTS) is 1. The molecule has 0 spiro atoms. The van der Waals surface area contributed by atoms with Crippen molar-refractivity contribution in [1.29, 1.82) is 0 Å². The third kappa shape index (κ3) is 3.22. The smallest absolute Gasteiger partial charge is 0.322 e. The van der Waals surface area contributed by atoms with Gasteiger partial charge in [-0.2, -0.15) is 0 Å². The molecule has 0 aromatic heterocycles. The largest absolute Gasteiger partial charge is 0.480 e. The minimum Gasteiger partial charge on any atom is -0.480 e. The van der Waals surface area contributed by atoms with Gasteiger partial charge in [0.1, 0.15) is 6.54 Å². The standard InChI is InChI=1S/C13H24N2O3/c1-9-6-5-7-10(2)15(9)13(3,4)12(18)14-8-11(16)17/h9-10H,5-8H2,1-4H3,(H,14,18)(H,16,17). The number of aliphatic carboxylic acids is 1. The highest BCUT2D eigenvalue weighted by molar-refractivity contribution is 5.88. The molecule has 104 valence electrons. The molecule has 1 amide bonds. The van der Waals surface area contributed by atoms with Crippen molar-refractivity contribution in [2.75, 3.05) is 6.54 Å². The number of nitrogens with zero attached hydrogens (tertiary/aromatic N) is 1. The summed E-state index contributed by atoms with van der Waals surface area (Å²) in [4.78, 5) is 24.9. The van der Waals surface area contributed by atoms with E-state index in [2.05, 4.69) is 24.1 Å². The zero-order valence-electron chi connectivity index (χ0n) is 11.7. The lowest BCUT2D eigenvalue weighted by molar-refractivity contribution is -0.142. The van der Waals surface area contributed by atoms with Crippen LogP contribution in [0.2, 0.25) is 0 Å². The monoisotopic (exact) mass is 256 g/mol. The Bertz CT molecular complexity index is 318. The SMILES string of the molecule is CC1CCCC(C)N1C(C)(C)C(=O)NCC(=O)O. The molecule has 1 aliphatic rings. The highest BCUT2D eigenvalue weighted by atomic mass is 16.4. The van der Waals surface area contributed by atoms with Crippen LogP contribution in [-0.2, 0) is 9.59 Å². The number of carboxylic acids is 1. The average molecular weight is 256 g/mol. The highest BCUT2D eigenvalue weighted by Crippen LogP contribution is 2.30. The van der Waals surface area contributed by atoms with E-state index in [1.165, 1.54) is 6.42 Å². The van der Waals surface area contributed by atoms with Gasteiger partial charge in [-0.15, -0.1) is 0 Å². The van der Waals surface area contributed by atoms with Gasteiger partial charge in [0.05, 0.1) is 5.54 Å². The zero-order valence-corrected chi connectivity index (χ0v) is 11.7. The van der Waals surface area contributed by atoms with E-state index in [9.17, 15) is 9.59 Å². The Morgan fingerprint density at radius 1 is 1.28 bits per heavy atom. The number of carbonyl (C=O) groups excluding carboxylic acids is 1. The second-order valence-corrected chi connectivity index (χ2v) is 5.67. The first-order chi connectivity index (χ1) is 8.26. The van der Waals surface area contributed by atoms with E-state index in [0.29, 0.717) is 12.1 Å². The first kappa shape index (κ1) is 15.0. The number of piperidine rings is 1. The minimum absolute atomic E-state index is 0.217. The number of carbonyl (C=O) groups is 2. The van der Waals surface area contributed by atoms with Crippen LogP contribution in [0, 0.1) is 0 Å². The van der Waals surface area contributed by atoms with Crippen LogP contribution in [0.1, 0.15) is 47.0 Å². The molecule has 2 unspecified atom stereocenters. The summed E-state index contributed by atoms with van der Waals surface area (Å²) in [6, 6.07) is 0.693. The fourth-order valence-electron chi connectivity index (χ4n) is 3.01. The molecule has 18 heavy (non-hydrogen) atoms. The maximum atomic E-state index is 12.1. The van der Waals surface area contributed by atoms with Gasteiger partial charge < -0.3 is 10.4 Å². The molecule has 1 aliphatic heterocycles. The third-order valence-electron chi connectivity index (χ3n) is 3.79. The van der Waals surface area contributed by atoms with Crippen molar-refractivity contribution in [3.8, 4) is 0 Å². The predicted octanol–water partition coefficient (Wildman–Crippen LogP) is 1.23. The normalized spacial score (nSPS) is 25.8. The molecule has 1 rings (SSSR count). The van der Waals surface area contributed by atoms with E-state index in [0.717, 1.165) is 12.8 Å². The molecule has 1 fully saturated rings. The van der Waals surface area contributed by atoms with Crippen molar-refractivity contribution in [3.05, 3.63) is 0 Å². The topological polar surface area (TPSA) is 69.6 Å². The Kier molecular flexibility index (Phi) is 4.73. The maximum Gasteiger partial charge on any atom is 0.322 e. The Hall–Kier alpha value is -1.10. The van der Waals surface area contributed by atoms with Crippen molar-refractivity contribution < 1.29 is 14.7 Å². The number of hydrogen-bond donors (Lipinski definition) is 2. The van der Waals surface area contributed by atoms with Crippen molar-refractivity contribution >= 4 is 11.9 Å². The molecule has 0 radical (unpaired) electrons. The minimum atomic E-state index is -1.01. The molecule has 0 saturated carbocycles. The Labute approximate surface area is 109 Å². The quantitative estimate of drug-likeness (QED) is 0.793. The molecule has 5 nitrogen and oxygen atoms in total. The van der Waals surface area contributed by atoms with Crippen LogP contribution in [0.5, 0.6) is 0 Å². The number of hydrogen-bond acceptors (Lipinski definition) is 3. The van der Waals surface area contributed by atoms with Crippen LogP contribution in [0.25, 0.3) is 0 Å². The summed E-state index contributed by atoms with van der Waals surface area (Å²) in [5.74, 6) is -1.23. The van der Waals surface area contributed by atoms with Crippen molar-refractivity contribution in [3.63, 3.8) is 0 Å². The van der Waals surface area contributed by atoms with Crippen LogP contribution in [0.15, 0.2) is 0 Å². The van der Waals surface area contributed by atoms with Crippen LogP contribution in [0.3, 0.4) is 0 Å². The average Bonchev–Trinajstić information content (AvgIpc) is 2.25. The molecular weight excluding hydrogens is 232 g/mol. The van der Waals surface area contributed by atoms with Crippen LogP contribution < -0.4 is 5.32 Å². The molecule has 0 aromatic carbocycles. The van der Waals surface area contributed by atoms with Gasteiger partial charge in [0, 0.05) is 12.1 Å². The van der Waals surface area contributed by atoms with E-state index in [-0.39, 0.29) is 12.5 Å². The van der Waals surface area contributed by atoms with Crippen LogP contribution in [0.4, 0.5) is 0 Å². The number of likely N-dealkylation sites (tertiary alicyclic amines) is 1. The molecule has 5 heteroatoms. The second kappa shape index (κ2) is 5.69. The summed E-state index contributed by atoms with van der Waals surface area (Å²) in [6.45, 7) is 7.66. The fourth-order valence-corrected chi connectivity index (χ4v) is 3.01. The number of nitrogens with one attached hydrogen (secondary N) is 1. The third-order valence-corrected chi connectivity index (χ3v) is 3.79. The highest BCUT2D eigenvalue weighted by Gasteiger charge is 2.41. The first-order valence-corrected chi connectivity index (χ1v) is 6.55. The van der Waals surface area contributed by atoms with Crippen LogP contribution in [-0.4, -0.2) is 46.1 Å². The van der Waals surface area contributed by atoms with Crippen molar-refractivity contribution in [2.24, 2.45) is 0 Å². The number of rotatable bonds is 4. The van der Waals surface area contributed by atoms with Gasteiger partial charge in [0.15, 0.2) is 0 Å². The summed E-state index contributed by atoms with van der Waals surface area (Å²) in [5.41, 5.74) is -0.672. The van der Waals surface area contributed by atoms with Gasteiger partial charge in [-0.1, -0.05) is 6.42 Å². The van der Waals surface area contributed by atoms with E-state index < -0.39 is 11.5 Å². The van der Waals surface area contributed by atoms with Crippen molar-refractivity contribution in [1.82, 2.24) is 10.2 Å². The summed E-state index contributed by atoms with van der Waals surface area (Å²) < 4.78 is 0. The Morgan fingerprint density at radius 2 is 1.78 bits per heavy atom. The van der Waals surface area contributed by atoms with E-state index in [1.54, 1.807) is 0 Å². The summed E-state index contributed by atoms with van der Waals surface area (Å²) in [7, 11) is 0. The van der Waals surface area contributed by atoms with E-state index in [1.807, 2.05) is 13.8 Å². The Morgan fingerprint density at radius 3 is 2.22 bits per heavy atom. The van der Waals surface area contributed by atoms with Gasteiger partial charge in [-0.05, 0) is 40.5 Å². The van der Waals surface area contributed by atoms with Crippen molar-refractivity contribution in [2.45, 2.75) is 64.6 Å². The molecule has 1 heterocycles. The van der Waals surface area contributed by atoms with Gasteiger partial charge in [0.25, 0.3) is 0 Å². The lowest BCUT2D eigenvalue weighted by atomic mass is 9.89. The summed E-state index contributed by atoms with van der Waals surface area (Å²) in [5, 5.41) is 11.1. The van der Waals surface area contributed by atoms with Gasteiger partial charge in [-0.25, -0.2) is 0 Å². The molecule has 1 saturated heterocycles. The molecule has 0 aromatic rings. The van der Waals surface area contributed by atoms with Crippen LogP contribution >= 0.6 is 0 Å². The lowest BCUT2D eigenvalue weighted by Gasteiger charge is -2.48. The fraction of sp³-hybridized carbons (Fsp3) is 0.846. The summed E-state index contributed by atoms with van der Waals surface area (Å²) >= 11 is 0. The second-order valence-electron chi connectivity index (χ2n) is 5.67. The predicted molar refractivity (Wildman–Crippen MR) is 69.3 cm³/mol. The Balaban J connectivity index is 2.76. The molecule has 2 N–H and O–H groups in total. The van der Waals surface area contributed by atoms with Gasteiger partial charge >= 0.3 is 5.97 Å². The molecular formula is C13H24N2O3. The molecule has 0 aliphatic carbocycles. The van der Waals surface area contributed by atoms with E-state index >= 15 is 0 Å². The zero-order chi connectivity index (χ0) is 13.9. The summed E-state index contributed by atoms with van der Waals surface area (Å²) in [6.07, 6.45) is 3.35. The van der Waals surface area contributed by atoms with Gasteiger partial charge in [0.2, 0.25) is 5.91 Å². The van der Waals surface area contributed by atoms with E-state index in [4.69, 9.17) is 5.11 Å². The maximum absolute atomic E-state index is 12.1. The lowest BCUT2D eigenvalue weighted by Crippen LogP contribution is -2.62. The molecule has 2 atom stereocenters. The van der Waals surface area contributed by atoms with Gasteiger partial charge in [-0.3, -0.25) is 14.5 Å².